The number of rotatable bonds is 7. The van der Waals surface area contributed by atoms with Gasteiger partial charge in [-0.25, -0.2) is 0 Å². The van der Waals surface area contributed by atoms with E-state index in [1.807, 2.05) is 45.9 Å². The highest BCUT2D eigenvalue weighted by atomic mass is 16.5. The van der Waals surface area contributed by atoms with Gasteiger partial charge in [0.25, 0.3) is 11.7 Å². The maximum atomic E-state index is 13.6. The van der Waals surface area contributed by atoms with Gasteiger partial charge in [0.15, 0.2) is 11.5 Å². The van der Waals surface area contributed by atoms with Crippen LogP contribution in [0.2, 0.25) is 0 Å². The summed E-state index contributed by atoms with van der Waals surface area (Å²) in [5.41, 5.74) is 4.22. The number of ketones is 1. The van der Waals surface area contributed by atoms with Gasteiger partial charge in [-0.05, 0) is 86.3 Å². The highest BCUT2D eigenvalue weighted by molar-refractivity contribution is 6.51. The average Bonchev–Trinajstić information content (AvgIpc) is 3.15. The van der Waals surface area contributed by atoms with Crippen LogP contribution in [0.1, 0.15) is 40.8 Å². The molecule has 0 spiro atoms. The molecule has 1 atom stereocenters. The molecule has 1 unspecified atom stereocenters. The van der Waals surface area contributed by atoms with Crippen molar-refractivity contribution in [3.63, 3.8) is 0 Å². The van der Waals surface area contributed by atoms with Crippen molar-refractivity contribution < 1.29 is 28.9 Å². The summed E-state index contributed by atoms with van der Waals surface area (Å²) in [5.74, 6) is -0.0782. The maximum Gasteiger partial charge on any atom is 0.300 e. The van der Waals surface area contributed by atoms with Gasteiger partial charge in [-0.15, -0.1) is 0 Å². The summed E-state index contributed by atoms with van der Waals surface area (Å²) in [6.45, 7) is 7.94. The molecule has 1 aliphatic heterocycles. The van der Waals surface area contributed by atoms with Crippen LogP contribution in [0.4, 0.5) is 5.69 Å². The van der Waals surface area contributed by atoms with Gasteiger partial charge in [0, 0.05) is 11.3 Å². The Morgan fingerprint density at radius 1 is 0.919 bits per heavy atom. The number of nitrogens with zero attached hydrogens (tertiary/aromatic N) is 1. The molecule has 1 N–H and O–H groups in total. The van der Waals surface area contributed by atoms with Crippen LogP contribution in [0, 0.1) is 20.8 Å². The molecule has 0 aliphatic carbocycles. The summed E-state index contributed by atoms with van der Waals surface area (Å²) in [7, 11) is 3.11. The number of anilines is 1. The van der Waals surface area contributed by atoms with E-state index in [2.05, 4.69) is 0 Å². The van der Waals surface area contributed by atoms with E-state index in [-0.39, 0.29) is 11.3 Å². The number of benzene rings is 3. The van der Waals surface area contributed by atoms with Crippen LogP contribution in [0.3, 0.4) is 0 Å². The number of methoxy groups -OCH3 is 2. The third kappa shape index (κ3) is 4.53. The van der Waals surface area contributed by atoms with Crippen molar-refractivity contribution >= 4 is 23.1 Å². The number of aliphatic hydroxyl groups excluding tert-OH is 1. The fourth-order valence-corrected chi connectivity index (χ4v) is 4.70. The highest BCUT2D eigenvalue weighted by Crippen LogP contribution is 2.45. The Bertz CT molecular complexity index is 1410. The van der Waals surface area contributed by atoms with Crippen molar-refractivity contribution in [3.05, 3.63) is 88.0 Å². The normalized spacial score (nSPS) is 16.7. The fourth-order valence-electron chi connectivity index (χ4n) is 4.70. The third-order valence-electron chi connectivity index (χ3n) is 6.77. The molecule has 4 rings (SSSR count). The Kier molecular flexibility index (Phi) is 7.25. The minimum atomic E-state index is -0.882. The van der Waals surface area contributed by atoms with Crippen LogP contribution in [-0.4, -0.2) is 37.6 Å². The predicted octanol–water partition coefficient (Wildman–Crippen LogP) is 5.65. The molecule has 1 saturated heterocycles. The number of carbonyl (C=O) groups excluding carboxylic acids is 2. The summed E-state index contributed by atoms with van der Waals surface area (Å²) in [5, 5.41) is 11.5. The molecule has 0 aromatic heterocycles. The van der Waals surface area contributed by atoms with Gasteiger partial charge in [0.2, 0.25) is 0 Å². The molecule has 37 heavy (non-hydrogen) atoms. The zero-order valence-electron chi connectivity index (χ0n) is 21.9. The van der Waals surface area contributed by atoms with E-state index < -0.39 is 17.7 Å². The summed E-state index contributed by atoms with van der Waals surface area (Å²) in [6, 6.07) is 15.2. The fraction of sp³-hybridized carbons (Fsp3) is 0.267. The molecular weight excluding hydrogens is 470 g/mol. The lowest BCUT2D eigenvalue weighted by Crippen LogP contribution is -2.30. The second-order valence-electron chi connectivity index (χ2n) is 8.91. The molecule has 3 aromatic carbocycles. The first-order chi connectivity index (χ1) is 17.7. The molecule has 0 radical (unpaired) electrons. The monoisotopic (exact) mass is 501 g/mol. The molecule has 1 heterocycles. The van der Waals surface area contributed by atoms with Gasteiger partial charge in [0.1, 0.15) is 11.5 Å². The molecule has 0 bridgehead atoms. The van der Waals surface area contributed by atoms with Crippen LogP contribution in [0.25, 0.3) is 5.76 Å². The van der Waals surface area contributed by atoms with Crippen molar-refractivity contribution in [1.29, 1.82) is 0 Å². The van der Waals surface area contributed by atoms with Crippen molar-refractivity contribution in [1.82, 2.24) is 0 Å². The Hall–Kier alpha value is -4.26. The maximum absolute atomic E-state index is 13.6. The Labute approximate surface area is 216 Å². The minimum absolute atomic E-state index is 0.00629. The number of carbonyl (C=O) groups is 2. The largest absolute Gasteiger partial charge is 0.507 e. The van der Waals surface area contributed by atoms with Crippen molar-refractivity contribution in [2.75, 3.05) is 25.7 Å². The topological polar surface area (TPSA) is 85.3 Å². The van der Waals surface area contributed by atoms with Crippen LogP contribution in [0.15, 0.2) is 60.2 Å². The summed E-state index contributed by atoms with van der Waals surface area (Å²) in [6.07, 6.45) is 0. The standard InChI is InChI=1S/C30H31NO6/c1-7-37-25-16-20(11-14-24(25)36-6)27-26(28(32)22-13-12-21(35-5)15-18(22)3)29(33)30(34)31(27)23-10-8-9-17(2)19(23)4/h8-16,27,32H,7H2,1-6H3/b28-26+. The van der Waals surface area contributed by atoms with Gasteiger partial charge < -0.3 is 19.3 Å². The number of hydrogen-bond donors (Lipinski definition) is 1. The van der Waals surface area contributed by atoms with Crippen molar-refractivity contribution in [2.45, 2.75) is 33.7 Å². The first kappa shape index (κ1) is 25.8. The number of amides is 1. The minimum Gasteiger partial charge on any atom is -0.507 e. The van der Waals surface area contributed by atoms with Gasteiger partial charge in [-0.1, -0.05) is 18.2 Å². The molecule has 1 aliphatic rings. The van der Waals surface area contributed by atoms with Gasteiger partial charge in [-0.2, -0.15) is 0 Å². The van der Waals surface area contributed by atoms with E-state index >= 15 is 0 Å². The van der Waals surface area contributed by atoms with E-state index in [4.69, 9.17) is 14.2 Å². The van der Waals surface area contributed by atoms with Crippen LogP contribution < -0.4 is 19.1 Å². The van der Waals surface area contributed by atoms with Crippen molar-refractivity contribution in [2.24, 2.45) is 0 Å². The molecule has 0 saturated carbocycles. The van der Waals surface area contributed by atoms with E-state index in [1.54, 1.807) is 50.6 Å². The lowest BCUT2D eigenvalue weighted by molar-refractivity contribution is -0.132. The second kappa shape index (κ2) is 10.4. The second-order valence-corrected chi connectivity index (χ2v) is 8.91. The Balaban J connectivity index is 2.01. The number of ether oxygens (including phenoxy) is 3. The van der Waals surface area contributed by atoms with Gasteiger partial charge in [0.05, 0.1) is 32.4 Å². The summed E-state index contributed by atoms with van der Waals surface area (Å²) >= 11 is 0. The van der Waals surface area contributed by atoms with E-state index in [9.17, 15) is 14.7 Å². The quantitative estimate of drug-likeness (QED) is 0.256. The lowest BCUT2D eigenvalue weighted by Gasteiger charge is -2.28. The lowest BCUT2D eigenvalue weighted by atomic mass is 9.93. The molecule has 3 aromatic rings. The van der Waals surface area contributed by atoms with Crippen LogP contribution in [-0.2, 0) is 9.59 Å². The molecular formula is C30H31NO6. The molecule has 7 nitrogen and oxygen atoms in total. The van der Waals surface area contributed by atoms with E-state index in [1.165, 1.54) is 4.90 Å². The van der Waals surface area contributed by atoms with Crippen LogP contribution >= 0.6 is 0 Å². The predicted molar refractivity (Wildman–Crippen MR) is 143 cm³/mol. The number of aryl methyl sites for hydroxylation is 2. The average molecular weight is 502 g/mol. The first-order valence-electron chi connectivity index (χ1n) is 12.1. The number of aliphatic hydroxyl groups is 1. The smallest absolute Gasteiger partial charge is 0.300 e. The zero-order chi connectivity index (χ0) is 26.9. The third-order valence-corrected chi connectivity index (χ3v) is 6.77. The van der Waals surface area contributed by atoms with E-state index in [0.717, 1.165) is 11.1 Å². The zero-order valence-corrected chi connectivity index (χ0v) is 21.9. The SMILES string of the molecule is CCOc1cc(C2/C(=C(\O)c3ccc(OC)cc3C)C(=O)C(=O)N2c2cccc(C)c2C)ccc1OC. The molecule has 1 amide bonds. The first-order valence-corrected chi connectivity index (χ1v) is 12.1. The Morgan fingerprint density at radius 3 is 2.32 bits per heavy atom. The van der Waals surface area contributed by atoms with Gasteiger partial charge >= 0.3 is 0 Å². The molecule has 192 valence electrons. The van der Waals surface area contributed by atoms with Gasteiger partial charge in [-0.3, -0.25) is 14.5 Å². The van der Waals surface area contributed by atoms with Crippen LogP contribution in [0.5, 0.6) is 17.2 Å². The number of hydrogen-bond acceptors (Lipinski definition) is 6. The van der Waals surface area contributed by atoms with Crippen molar-refractivity contribution in [3.8, 4) is 17.2 Å². The van der Waals surface area contributed by atoms with E-state index in [0.29, 0.717) is 46.2 Å². The molecule has 7 heteroatoms. The Morgan fingerprint density at radius 2 is 1.68 bits per heavy atom. The summed E-state index contributed by atoms with van der Waals surface area (Å²) in [4.78, 5) is 28.6. The number of Topliss-reactive ketones (excluding diaryl/α,β-unsaturated/α-hetero) is 1. The highest BCUT2D eigenvalue weighted by Gasteiger charge is 2.47. The summed E-state index contributed by atoms with van der Waals surface area (Å²) < 4.78 is 16.5. The molecule has 1 fully saturated rings.